The SMILES string of the molecule is Cc1ccc(C(O)c2ccccc2OC(F)(F)F)c(Br)c1. The summed E-state index contributed by atoms with van der Waals surface area (Å²) in [5.74, 6) is -0.412. The van der Waals surface area contributed by atoms with Crippen LogP contribution in [-0.4, -0.2) is 11.5 Å². The largest absolute Gasteiger partial charge is 0.573 e. The smallest absolute Gasteiger partial charge is 0.405 e. The summed E-state index contributed by atoms with van der Waals surface area (Å²) in [6.07, 6.45) is -6.03. The third kappa shape index (κ3) is 3.98. The Labute approximate surface area is 128 Å². The third-order valence-corrected chi connectivity index (χ3v) is 3.58. The molecule has 2 nitrogen and oxygen atoms in total. The van der Waals surface area contributed by atoms with E-state index in [-0.39, 0.29) is 5.56 Å². The number of alkyl halides is 3. The van der Waals surface area contributed by atoms with Gasteiger partial charge in [0.2, 0.25) is 0 Å². The zero-order valence-corrected chi connectivity index (χ0v) is 12.6. The zero-order chi connectivity index (χ0) is 15.6. The van der Waals surface area contributed by atoms with Gasteiger partial charge in [-0.2, -0.15) is 0 Å². The lowest BCUT2D eigenvalue weighted by atomic mass is 10.00. The highest BCUT2D eigenvalue weighted by atomic mass is 79.9. The molecule has 112 valence electrons. The number of aliphatic hydroxyl groups is 1. The van der Waals surface area contributed by atoms with Gasteiger partial charge in [-0.3, -0.25) is 0 Å². The molecule has 0 aliphatic heterocycles. The number of rotatable bonds is 3. The van der Waals surface area contributed by atoms with Crippen LogP contribution < -0.4 is 4.74 Å². The quantitative estimate of drug-likeness (QED) is 0.856. The molecule has 2 aromatic rings. The lowest BCUT2D eigenvalue weighted by molar-refractivity contribution is -0.275. The van der Waals surface area contributed by atoms with Crippen LogP contribution in [0.25, 0.3) is 0 Å². The molecular weight excluding hydrogens is 349 g/mol. The van der Waals surface area contributed by atoms with Gasteiger partial charge in [-0.1, -0.05) is 46.3 Å². The van der Waals surface area contributed by atoms with E-state index >= 15 is 0 Å². The summed E-state index contributed by atoms with van der Waals surface area (Å²) in [5, 5.41) is 10.4. The highest BCUT2D eigenvalue weighted by Gasteiger charge is 2.33. The van der Waals surface area contributed by atoms with Crippen LogP contribution in [-0.2, 0) is 0 Å². The summed E-state index contributed by atoms with van der Waals surface area (Å²) in [6.45, 7) is 1.88. The van der Waals surface area contributed by atoms with Gasteiger partial charge in [-0.15, -0.1) is 13.2 Å². The standard InChI is InChI=1S/C15H12BrF3O2/c1-9-6-7-10(12(16)8-9)14(20)11-4-2-3-5-13(11)21-15(17,18)19/h2-8,14,20H,1H3. The van der Waals surface area contributed by atoms with Crippen molar-refractivity contribution < 1.29 is 23.0 Å². The molecule has 0 saturated carbocycles. The summed E-state index contributed by atoms with van der Waals surface area (Å²) in [7, 11) is 0. The van der Waals surface area contributed by atoms with Gasteiger partial charge < -0.3 is 9.84 Å². The van der Waals surface area contributed by atoms with E-state index in [2.05, 4.69) is 20.7 Å². The Balaban J connectivity index is 2.41. The molecule has 21 heavy (non-hydrogen) atoms. The summed E-state index contributed by atoms with van der Waals surface area (Å²) in [6, 6.07) is 10.8. The molecule has 1 atom stereocenters. The van der Waals surface area contributed by atoms with E-state index in [0.717, 1.165) is 5.56 Å². The predicted molar refractivity (Wildman–Crippen MR) is 76.1 cm³/mol. The minimum atomic E-state index is -4.81. The normalized spacial score (nSPS) is 13.0. The Bertz CT molecular complexity index is 641. The number of hydrogen-bond donors (Lipinski definition) is 1. The van der Waals surface area contributed by atoms with E-state index < -0.39 is 18.2 Å². The maximum Gasteiger partial charge on any atom is 0.573 e. The molecule has 0 heterocycles. The van der Waals surface area contributed by atoms with Crippen molar-refractivity contribution in [3.8, 4) is 5.75 Å². The monoisotopic (exact) mass is 360 g/mol. The van der Waals surface area contributed by atoms with Crippen molar-refractivity contribution in [3.63, 3.8) is 0 Å². The first-order valence-corrected chi connectivity index (χ1v) is 6.86. The Morgan fingerprint density at radius 1 is 1.10 bits per heavy atom. The number of aryl methyl sites for hydroxylation is 1. The van der Waals surface area contributed by atoms with Crippen molar-refractivity contribution in [3.05, 3.63) is 63.6 Å². The number of para-hydroxylation sites is 1. The van der Waals surface area contributed by atoms with Crippen LogP contribution in [0.3, 0.4) is 0 Å². The van der Waals surface area contributed by atoms with Gasteiger partial charge in [0.1, 0.15) is 11.9 Å². The van der Waals surface area contributed by atoms with Crippen LogP contribution in [0.2, 0.25) is 0 Å². The average molecular weight is 361 g/mol. The van der Waals surface area contributed by atoms with E-state index in [4.69, 9.17) is 0 Å². The van der Waals surface area contributed by atoms with Gasteiger partial charge in [0, 0.05) is 10.0 Å². The molecule has 0 aromatic heterocycles. The van der Waals surface area contributed by atoms with Crippen LogP contribution in [0, 0.1) is 6.92 Å². The van der Waals surface area contributed by atoms with Gasteiger partial charge in [0.05, 0.1) is 0 Å². The van der Waals surface area contributed by atoms with Crippen molar-refractivity contribution in [1.82, 2.24) is 0 Å². The van der Waals surface area contributed by atoms with Crippen LogP contribution in [0.15, 0.2) is 46.9 Å². The fourth-order valence-electron chi connectivity index (χ4n) is 1.95. The topological polar surface area (TPSA) is 29.5 Å². The molecule has 1 N–H and O–H groups in total. The van der Waals surface area contributed by atoms with Crippen LogP contribution in [0.1, 0.15) is 22.8 Å². The fourth-order valence-corrected chi connectivity index (χ4v) is 2.66. The fraction of sp³-hybridized carbons (Fsp3) is 0.200. The predicted octanol–water partition coefficient (Wildman–Crippen LogP) is 4.74. The van der Waals surface area contributed by atoms with E-state index in [9.17, 15) is 18.3 Å². The van der Waals surface area contributed by atoms with Crippen LogP contribution in [0.4, 0.5) is 13.2 Å². The first kappa shape index (κ1) is 15.9. The molecule has 2 rings (SSSR count). The van der Waals surface area contributed by atoms with E-state index in [0.29, 0.717) is 10.0 Å². The Morgan fingerprint density at radius 2 is 1.76 bits per heavy atom. The number of aliphatic hydroxyl groups excluding tert-OH is 1. The lowest BCUT2D eigenvalue weighted by Crippen LogP contribution is -2.19. The molecule has 0 amide bonds. The molecule has 2 aromatic carbocycles. The Morgan fingerprint density at radius 3 is 2.38 bits per heavy atom. The summed E-state index contributed by atoms with van der Waals surface area (Å²) >= 11 is 3.31. The first-order valence-electron chi connectivity index (χ1n) is 6.07. The third-order valence-electron chi connectivity index (χ3n) is 2.89. The van der Waals surface area contributed by atoms with Crippen molar-refractivity contribution in [2.24, 2.45) is 0 Å². The van der Waals surface area contributed by atoms with Crippen molar-refractivity contribution >= 4 is 15.9 Å². The van der Waals surface area contributed by atoms with E-state index in [1.807, 2.05) is 6.92 Å². The Kier molecular flexibility index (Phi) is 4.58. The van der Waals surface area contributed by atoms with Gasteiger partial charge in [-0.25, -0.2) is 0 Å². The van der Waals surface area contributed by atoms with Crippen molar-refractivity contribution in [1.29, 1.82) is 0 Å². The first-order chi connectivity index (χ1) is 9.78. The minimum Gasteiger partial charge on any atom is -0.405 e. The molecule has 0 aliphatic rings. The van der Waals surface area contributed by atoms with Gasteiger partial charge in [-0.05, 0) is 30.2 Å². The highest BCUT2D eigenvalue weighted by molar-refractivity contribution is 9.10. The lowest BCUT2D eigenvalue weighted by Gasteiger charge is -2.18. The molecule has 0 spiro atoms. The molecule has 0 radical (unpaired) electrons. The average Bonchev–Trinajstić information content (AvgIpc) is 2.36. The number of benzene rings is 2. The molecule has 1 unspecified atom stereocenters. The maximum absolute atomic E-state index is 12.4. The molecular formula is C15H12BrF3O2. The van der Waals surface area contributed by atoms with E-state index in [1.54, 1.807) is 24.3 Å². The van der Waals surface area contributed by atoms with Crippen LogP contribution in [0.5, 0.6) is 5.75 Å². The van der Waals surface area contributed by atoms with Gasteiger partial charge >= 0.3 is 6.36 Å². The molecule has 0 aliphatic carbocycles. The second-order valence-corrected chi connectivity index (χ2v) is 5.37. The zero-order valence-electron chi connectivity index (χ0n) is 11.0. The van der Waals surface area contributed by atoms with Crippen molar-refractivity contribution in [2.45, 2.75) is 19.4 Å². The number of halogens is 4. The minimum absolute atomic E-state index is 0.0550. The van der Waals surface area contributed by atoms with E-state index in [1.165, 1.54) is 18.2 Å². The Hall–Kier alpha value is -1.53. The second kappa shape index (κ2) is 6.07. The van der Waals surface area contributed by atoms with Gasteiger partial charge in [0.15, 0.2) is 0 Å². The maximum atomic E-state index is 12.4. The molecule has 0 fully saturated rings. The summed E-state index contributed by atoms with van der Waals surface area (Å²) < 4.78 is 41.8. The van der Waals surface area contributed by atoms with Crippen LogP contribution >= 0.6 is 15.9 Å². The molecule has 0 bridgehead atoms. The summed E-state index contributed by atoms with van der Waals surface area (Å²) in [4.78, 5) is 0. The highest BCUT2D eigenvalue weighted by Crippen LogP contribution is 2.36. The second-order valence-electron chi connectivity index (χ2n) is 4.51. The number of hydrogen-bond acceptors (Lipinski definition) is 2. The molecule has 0 saturated heterocycles. The van der Waals surface area contributed by atoms with Crippen molar-refractivity contribution in [2.75, 3.05) is 0 Å². The summed E-state index contributed by atoms with van der Waals surface area (Å²) in [5.41, 5.74) is 1.50. The number of ether oxygens (including phenoxy) is 1. The van der Waals surface area contributed by atoms with Gasteiger partial charge in [0.25, 0.3) is 0 Å². The molecule has 6 heteroatoms.